The van der Waals surface area contributed by atoms with Crippen LogP contribution in [-0.2, 0) is 11.3 Å². The maximum Gasteiger partial charge on any atom is 0.230 e. The fourth-order valence-electron chi connectivity index (χ4n) is 4.65. The van der Waals surface area contributed by atoms with Crippen LogP contribution in [0.15, 0.2) is 36.7 Å². The molecule has 0 bridgehead atoms. The first-order valence-electron chi connectivity index (χ1n) is 9.79. The van der Waals surface area contributed by atoms with Crippen LogP contribution in [0.3, 0.4) is 0 Å². The number of carbonyl (C=O) groups excluding carboxylic acids is 1. The van der Waals surface area contributed by atoms with Gasteiger partial charge in [0.1, 0.15) is 0 Å². The molecule has 3 fully saturated rings. The van der Waals surface area contributed by atoms with Crippen molar-refractivity contribution < 1.29 is 13.6 Å². The number of nitrogens with zero attached hydrogens (tertiary/aromatic N) is 3. The van der Waals surface area contributed by atoms with Crippen LogP contribution < -0.4 is 10.9 Å². The predicted molar refractivity (Wildman–Crippen MR) is 97.7 cm³/mol. The Hall–Kier alpha value is -2.32. The molecule has 2 saturated heterocycles. The van der Waals surface area contributed by atoms with E-state index in [1.54, 1.807) is 12.3 Å². The number of hydrogen-bond donors (Lipinski definition) is 2. The lowest BCUT2D eigenvalue weighted by atomic mass is 9.84. The van der Waals surface area contributed by atoms with Crippen molar-refractivity contribution in [3.8, 4) is 0 Å². The molecular weight excluding hydrogens is 364 g/mol. The highest BCUT2D eigenvalue weighted by atomic mass is 19.2. The number of piperidine rings is 1. The monoisotopic (exact) mass is 387 g/mol. The van der Waals surface area contributed by atoms with Crippen molar-refractivity contribution in [2.75, 3.05) is 13.1 Å². The van der Waals surface area contributed by atoms with Crippen molar-refractivity contribution in [1.29, 1.82) is 0 Å². The number of fused-ring (bicyclic) bond motifs is 1. The molecule has 8 heteroatoms. The van der Waals surface area contributed by atoms with Crippen molar-refractivity contribution in [2.45, 2.75) is 37.9 Å². The second-order valence-corrected chi connectivity index (χ2v) is 8.23. The van der Waals surface area contributed by atoms with E-state index < -0.39 is 11.6 Å². The van der Waals surface area contributed by atoms with E-state index in [1.165, 1.54) is 6.07 Å². The van der Waals surface area contributed by atoms with Gasteiger partial charge in [0.2, 0.25) is 5.91 Å². The highest BCUT2D eigenvalue weighted by Gasteiger charge is 2.53. The standard InChI is InChI=1S/C20H23F2N5O/c21-15-3-2-13(10-16(15)22)18-14-11-26(9-4-17(14)24-25-18)19(28)20(5-6-20)12-27-8-1-7-23-27/h1-3,7-8,10,14,17-18,24-25H,4-6,9,11-12H2. The second kappa shape index (κ2) is 6.63. The molecule has 148 valence electrons. The molecular formula is C20H23F2N5O. The minimum atomic E-state index is -0.846. The summed E-state index contributed by atoms with van der Waals surface area (Å²) in [5.74, 6) is -1.39. The van der Waals surface area contributed by atoms with Gasteiger partial charge in [0.25, 0.3) is 0 Å². The number of amides is 1. The SMILES string of the molecule is O=C(N1CCC2NNC(c3ccc(F)c(F)c3)C2C1)C1(Cn2cccn2)CC1. The van der Waals surface area contributed by atoms with E-state index in [1.807, 2.05) is 21.8 Å². The molecule has 2 aromatic rings. The van der Waals surface area contributed by atoms with Crippen LogP contribution in [0, 0.1) is 23.0 Å². The van der Waals surface area contributed by atoms with Crippen molar-refractivity contribution in [2.24, 2.45) is 11.3 Å². The van der Waals surface area contributed by atoms with Crippen LogP contribution in [0.1, 0.15) is 30.9 Å². The summed E-state index contributed by atoms with van der Waals surface area (Å²) in [6.07, 6.45) is 6.23. The van der Waals surface area contributed by atoms with E-state index in [4.69, 9.17) is 0 Å². The van der Waals surface area contributed by atoms with E-state index in [-0.39, 0.29) is 29.3 Å². The Bertz CT molecular complexity index is 883. The first kappa shape index (κ1) is 17.8. The number of halogens is 2. The largest absolute Gasteiger partial charge is 0.342 e. The zero-order valence-corrected chi connectivity index (χ0v) is 15.4. The molecule has 3 unspecified atom stereocenters. The average Bonchev–Trinajstić information content (AvgIpc) is 3.11. The van der Waals surface area contributed by atoms with Gasteiger partial charge in [0, 0.05) is 37.4 Å². The summed E-state index contributed by atoms with van der Waals surface area (Å²) in [6.45, 7) is 1.93. The lowest BCUT2D eigenvalue weighted by Crippen LogP contribution is -2.50. The summed E-state index contributed by atoms with van der Waals surface area (Å²) >= 11 is 0. The quantitative estimate of drug-likeness (QED) is 0.843. The second-order valence-electron chi connectivity index (χ2n) is 8.23. The molecule has 6 nitrogen and oxygen atoms in total. The van der Waals surface area contributed by atoms with Crippen LogP contribution in [0.5, 0.6) is 0 Å². The van der Waals surface area contributed by atoms with Gasteiger partial charge in [-0.2, -0.15) is 5.10 Å². The molecule has 5 rings (SSSR count). The topological polar surface area (TPSA) is 62.2 Å². The van der Waals surface area contributed by atoms with Crippen molar-refractivity contribution >= 4 is 5.91 Å². The van der Waals surface area contributed by atoms with Crippen LogP contribution in [0.4, 0.5) is 8.78 Å². The highest BCUT2D eigenvalue weighted by Crippen LogP contribution is 2.49. The third kappa shape index (κ3) is 3.00. The number of nitrogens with one attached hydrogen (secondary N) is 2. The summed E-state index contributed by atoms with van der Waals surface area (Å²) in [6, 6.07) is 5.95. The smallest absolute Gasteiger partial charge is 0.230 e. The predicted octanol–water partition coefficient (Wildman–Crippen LogP) is 2.01. The maximum atomic E-state index is 13.7. The van der Waals surface area contributed by atoms with Gasteiger partial charge in [-0.25, -0.2) is 14.2 Å². The Balaban J connectivity index is 1.32. The molecule has 1 aliphatic carbocycles. The number of likely N-dealkylation sites (tertiary alicyclic amines) is 1. The highest BCUT2D eigenvalue weighted by molar-refractivity contribution is 5.85. The lowest BCUT2D eigenvalue weighted by molar-refractivity contribution is -0.139. The molecule has 3 atom stereocenters. The Morgan fingerprint density at radius 3 is 2.82 bits per heavy atom. The Morgan fingerprint density at radius 2 is 2.11 bits per heavy atom. The Kier molecular flexibility index (Phi) is 4.21. The number of hydrogen-bond acceptors (Lipinski definition) is 4. The van der Waals surface area contributed by atoms with Crippen molar-refractivity contribution in [1.82, 2.24) is 25.5 Å². The zero-order valence-electron chi connectivity index (χ0n) is 15.4. The maximum absolute atomic E-state index is 13.7. The normalized spacial score (nSPS) is 28.2. The summed E-state index contributed by atoms with van der Waals surface area (Å²) in [5.41, 5.74) is 6.86. The molecule has 2 N–H and O–H groups in total. The first-order valence-corrected chi connectivity index (χ1v) is 9.79. The van der Waals surface area contributed by atoms with Gasteiger partial charge >= 0.3 is 0 Å². The van der Waals surface area contributed by atoms with E-state index in [9.17, 15) is 13.6 Å². The zero-order chi connectivity index (χ0) is 19.3. The van der Waals surface area contributed by atoms with Gasteiger partial charge in [-0.3, -0.25) is 14.9 Å². The van der Waals surface area contributed by atoms with Gasteiger partial charge in [0.15, 0.2) is 11.6 Å². The first-order chi connectivity index (χ1) is 13.6. The van der Waals surface area contributed by atoms with Crippen LogP contribution in [0.25, 0.3) is 0 Å². The molecule has 1 amide bonds. The van der Waals surface area contributed by atoms with Gasteiger partial charge in [-0.1, -0.05) is 6.07 Å². The van der Waals surface area contributed by atoms with E-state index in [0.29, 0.717) is 25.2 Å². The van der Waals surface area contributed by atoms with E-state index in [2.05, 4.69) is 16.0 Å². The number of aromatic nitrogens is 2. The fraction of sp³-hybridized carbons (Fsp3) is 0.500. The molecule has 0 spiro atoms. The van der Waals surface area contributed by atoms with Gasteiger partial charge in [0.05, 0.1) is 18.0 Å². The van der Waals surface area contributed by atoms with Gasteiger partial charge in [-0.15, -0.1) is 0 Å². The summed E-state index contributed by atoms with van der Waals surface area (Å²) < 4.78 is 28.9. The number of rotatable bonds is 4. The number of benzene rings is 1. The Morgan fingerprint density at radius 1 is 1.25 bits per heavy atom. The van der Waals surface area contributed by atoms with E-state index in [0.717, 1.165) is 25.3 Å². The number of carbonyl (C=O) groups is 1. The molecule has 1 saturated carbocycles. The molecule has 2 aliphatic heterocycles. The number of hydrazine groups is 1. The van der Waals surface area contributed by atoms with Crippen molar-refractivity contribution in [3.63, 3.8) is 0 Å². The van der Waals surface area contributed by atoms with Gasteiger partial charge < -0.3 is 4.90 Å². The minimum Gasteiger partial charge on any atom is -0.342 e. The molecule has 1 aromatic heterocycles. The fourth-order valence-corrected chi connectivity index (χ4v) is 4.65. The third-order valence-electron chi connectivity index (χ3n) is 6.43. The van der Waals surface area contributed by atoms with Crippen LogP contribution in [0.2, 0.25) is 0 Å². The molecule has 1 aromatic carbocycles. The van der Waals surface area contributed by atoms with Crippen LogP contribution >= 0.6 is 0 Å². The van der Waals surface area contributed by atoms with Crippen LogP contribution in [-0.4, -0.2) is 39.7 Å². The third-order valence-corrected chi connectivity index (χ3v) is 6.43. The Labute approximate surface area is 161 Å². The average molecular weight is 387 g/mol. The van der Waals surface area contributed by atoms with E-state index >= 15 is 0 Å². The molecule has 28 heavy (non-hydrogen) atoms. The summed E-state index contributed by atoms with van der Waals surface area (Å²) in [5, 5.41) is 4.25. The molecule has 0 radical (unpaired) electrons. The lowest BCUT2D eigenvalue weighted by Gasteiger charge is -2.38. The minimum absolute atomic E-state index is 0.114. The van der Waals surface area contributed by atoms with Gasteiger partial charge in [-0.05, 0) is 43.0 Å². The molecule has 3 heterocycles. The summed E-state index contributed by atoms with van der Waals surface area (Å²) in [7, 11) is 0. The molecule has 3 aliphatic rings. The van der Waals surface area contributed by atoms with Crippen molar-refractivity contribution in [3.05, 3.63) is 53.9 Å². The summed E-state index contributed by atoms with van der Waals surface area (Å²) in [4.78, 5) is 15.2.